The van der Waals surface area contributed by atoms with E-state index in [1.54, 1.807) is 0 Å². The summed E-state index contributed by atoms with van der Waals surface area (Å²) in [5.41, 5.74) is 0. The molecule has 4 nitrogen and oxygen atoms in total. The second-order valence-electron chi connectivity index (χ2n) is 0.250. The van der Waals surface area contributed by atoms with Gasteiger partial charge in [0, 0.05) is 0 Å². The summed E-state index contributed by atoms with van der Waals surface area (Å²) in [5, 5.41) is 16.7. The molecule has 0 atom stereocenters. The molecule has 0 aliphatic rings. The predicted octanol–water partition coefficient (Wildman–Crippen LogP) is -2.29. The molecule has 0 amide bonds. The summed E-state index contributed by atoms with van der Waals surface area (Å²) in [5.74, 6) is 0. The number of hydrogen-bond acceptors (Lipinski definition) is 4. The summed E-state index contributed by atoms with van der Waals surface area (Å²) in [4.78, 5) is 8.33. The van der Waals surface area contributed by atoms with Crippen molar-refractivity contribution in [1.82, 2.24) is 6.15 Å². The standard InChI is InChI=1S/CH2O3.Cu.H3N/c2-1(3)4;;/h(H2,2,3,4);;1H3/q;+2;/p-2. The SMILES string of the molecule is N.O=C([O-])[O-].[Cu+2]. The van der Waals surface area contributed by atoms with Crippen LogP contribution in [0.15, 0.2) is 0 Å². The van der Waals surface area contributed by atoms with Crippen LogP contribution in [0.1, 0.15) is 0 Å². The first-order valence-electron chi connectivity index (χ1n) is 0.612. The Kier molecular flexibility index (Phi) is 25.3. The maximum Gasteiger partial charge on any atom is 2.00 e. The van der Waals surface area contributed by atoms with E-state index in [4.69, 9.17) is 15.0 Å². The molecule has 3 N–H and O–H groups in total. The Morgan fingerprint density at radius 1 is 1.33 bits per heavy atom. The van der Waals surface area contributed by atoms with Crippen LogP contribution in [0.4, 0.5) is 4.79 Å². The number of rotatable bonds is 0. The summed E-state index contributed by atoms with van der Waals surface area (Å²) < 4.78 is 0. The van der Waals surface area contributed by atoms with Crippen molar-refractivity contribution in [2.24, 2.45) is 0 Å². The molecule has 0 saturated heterocycles. The quantitative estimate of drug-likeness (QED) is 0.383. The Morgan fingerprint density at radius 2 is 1.33 bits per heavy atom. The molecular weight excluding hydrogens is 138 g/mol. The van der Waals surface area contributed by atoms with Gasteiger partial charge in [-0.05, 0) is 6.16 Å². The molecule has 0 rings (SSSR count). The topological polar surface area (TPSA) is 98.2 Å². The van der Waals surface area contributed by atoms with Crippen molar-refractivity contribution in [2.75, 3.05) is 0 Å². The molecular formula is CH3CuNO3. The van der Waals surface area contributed by atoms with Gasteiger partial charge in [0.15, 0.2) is 0 Å². The van der Waals surface area contributed by atoms with E-state index < -0.39 is 6.16 Å². The minimum absolute atomic E-state index is 0. The Labute approximate surface area is 45.2 Å². The molecule has 0 fully saturated rings. The zero-order chi connectivity index (χ0) is 3.58. The number of carboxylic acid groups (broad SMARTS) is 2. The molecule has 0 spiro atoms. The minimum atomic E-state index is -2.33. The summed E-state index contributed by atoms with van der Waals surface area (Å²) in [7, 11) is 0. The molecule has 41 valence electrons. The van der Waals surface area contributed by atoms with Crippen LogP contribution in [0.2, 0.25) is 0 Å². The van der Waals surface area contributed by atoms with E-state index in [9.17, 15) is 0 Å². The summed E-state index contributed by atoms with van der Waals surface area (Å²) in [6, 6.07) is 0. The second kappa shape index (κ2) is 8.83. The summed E-state index contributed by atoms with van der Waals surface area (Å²) in [6.07, 6.45) is -2.33. The van der Waals surface area contributed by atoms with Crippen LogP contribution in [-0.4, -0.2) is 6.16 Å². The van der Waals surface area contributed by atoms with Crippen LogP contribution in [0.25, 0.3) is 0 Å². The van der Waals surface area contributed by atoms with Crippen LogP contribution in [-0.2, 0) is 17.1 Å². The Hall–Kier alpha value is -0.251. The summed E-state index contributed by atoms with van der Waals surface area (Å²) in [6.45, 7) is 0. The van der Waals surface area contributed by atoms with Crippen molar-refractivity contribution in [2.45, 2.75) is 0 Å². The van der Waals surface area contributed by atoms with Gasteiger partial charge in [-0.2, -0.15) is 0 Å². The van der Waals surface area contributed by atoms with Gasteiger partial charge < -0.3 is 21.2 Å². The van der Waals surface area contributed by atoms with Gasteiger partial charge in [-0.1, -0.05) is 0 Å². The molecule has 0 unspecified atom stereocenters. The molecule has 0 saturated carbocycles. The fourth-order valence-corrected chi connectivity index (χ4v) is 0. The van der Waals surface area contributed by atoms with Gasteiger partial charge >= 0.3 is 17.1 Å². The summed E-state index contributed by atoms with van der Waals surface area (Å²) >= 11 is 0. The van der Waals surface area contributed by atoms with E-state index in [0.717, 1.165) is 0 Å². The number of hydrogen-bond donors (Lipinski definition) is 1. The van der Waals surface area contributed by atoms with E-state index >= 15 is 0 Å². The van der Waals surface area contributed by atoms with E-state index in [1.165, 1.54) is 0 Å². The normalized spacial score (nSPS) is 4.00. The fraction of sp³-hybridized carbons (Fsp3) is 0. The molecule has 6 heavy (non-hydrogen) atoms. The van der Waals surface area contributed by atoms with Crippen LogP contribution in [0.3, 0.4) is 0 Å². The van der Waals surface area contributed by atoms with Crippen molar-refractivity contribution in [3.05, 3.63) is 0 Å². The maximum atomic E-state index is 8.33. The van der Waals surface area contributed by atoms with Gasteiger partial charge in [0.05, 0.1) is 0 Å². The van der Waals surface area contributed by atoms with Crippen LogP contribution >= 0.6 is 0 Å². The largest absolute Gasteiger partial charge is 2.00 e. The van der Waals surface area contributed by atoms with Crippen molar-refractivity contribution in [3.8, 4) is 0 Å². The fourth-order valence-electron chi connectivity index (χ4n) is 0. The third-order valence-corrected chi connectivity index (χ3v) is 0. The first-order valence-corrected chi connectivity index (χ1v) is 0.612. The van der Waals surface area contributed by atoms with Gasteiger partial charge in [0.25, 0.3) is 0 Å². The zero-order valence-electron chi connectivity index (χ0n) is 2.73. The molecule has 0 bridgehead atoms. The van der Waals surface area contributed by atoms with Gasteiger partial charge in [-0.3, -0.25) is 0 Å². The molecule has 0 aromatic heterocycles. The molecule has 0 heterocycles. The first-order chi connectivity index (χ1) is 1.73. The minimum Gasteiger partial charge on any atom is -0.652 e. The molecule has 0 aliphatic carbocycles. The number of carbonyl (C=O) groups excluding carboxylic acids is 1. The van der Waals surface area contributed by atoms with Crippen LogP contribution < -0.4 is 16.4 Å². The smallest absolute Gasteiger partial charge is 0.652 e. The third kappa shape index (κ3) is 452. The van der Waals surface area contributed by atoms with Gasteiger partial charge in [-0.25, -0.2) is 0 Å². The third-order valence-electron chi connectivity index (χ3n) is 0. The van der Waals surface area contributed by atoms with Gasteiger partial charge in [0.1, 0.15) is 0 Å². The average Bonchev–Trinajstić information content (AvgIpc) is 0.811. The predicted molar refractivity (Wildman–Crippen MR) is 10.4 cm³/mol. The maximum absolute atomic E-state index is 8.33. The van der Waals surface area contributed by atoms with Crippen molar-refractivity contribution >= 4 is 6.16 Å². The molecule has 0 aromatic rings. The molecule has 5 heteroatoms. The van der Waals surface area contributed by atoms with E-state index in [-0.39, 0.29) is 23.2 Å². The monoisotopic (exact) mass is 140 g/mol. The zero-order valence-corrected chi connectivity index (χ0v) is 3.68. The van der Waals surface area contributed by atoms with Crippen molar-refractivity contribution < 1.29 is 32.1 Å². The Balaban J connectivity index is -0.0000000450. The molecule has 0 aromatic carbocycles. The van der Waals surface area contributed by atoms with Crippen LogP contribution in [0.5, 0.6) is 0 Å². The van der Waals surface area contributed by atoms with Crippen molar-refractivity contribution in [3.63, 3.8) is 0 Å². The van der Waals surface area contributed by atoms with Gasteiger partial charge in [-0.15, -0.1) is 0 Å². The first kappa shape index (κ1) is 17.2. The van der Waals surface area contributed by atoms with Crippen LogP contribution in [0, 0.1) is 0 Å². The average molecular weight is 141 g/mol. The Morgan fingerprint density at radius 3 is 1.33 bits per heavy atom. The second-order valence-corrected chi connectivity index (χ2v) is 0.250. The van der Waals surface area contributed by atoms with E-state index in [2.05, 4.69) is 0 Å². The van der Waals surface area contributed by atoms with Crippen molar-refractivity contribution in [1.29, 1.82) is 0 Å². The Bertz CT molecular complexity index is 33.8. The van der Waals surface area contributed by atoms with Gasteiger partial charge in [0.2, 0.25) is 0 Å². The van der Waals surface area contributed by atoms with E-state index in [1.807, 2.05) is 0 Å². The van der Waals surface area contributed by atoms with E-state index in [0.29, 0.717) is 0 Å². The molecule has 0 aliphatic heterocycles. The molecule has 1 radical (unpaired) electrons. The number of carbonyl (C=O) groups is 1.